The third kappa shape index (κ3) is 2.68. The number of pyridine rings is 1. The molecule has 0 fully saturated rings. The van der Waals surface area contributed by atoms with Crippen molar-refractivity contribution >= 4 is 33.5 Å². The summed E-state index contributed by atoms with van der Waals surface area (Å²) >= 11 is 0. The summed E-state index contributed by atoms with van der Waals surface area (Å²) in [6, 6.07) is 12.6. The number of nitro benzene ring substituents is 1. The molecule has 0 saturated heterocycles. The van der Waals surface area contributed by atoms with Crippen LogP contribution in [-0.2, 0) is 11.3 Å². The highest BCUT2D eigenvalue weighted by molar-refractivity contribution is 6.07. The smallest absolute Gasteiger partial charge is 0.323 e. The van der Waals surface area contributed by atoms with Gasteiger partial charge in [0.05, 0.1) is 4.92 Å². The monoisotopic (exact) mass is 375 g/mol. The number of carbonyl (C=O) groups is 1. The minimum absolute atomic E-state index is 0.0533. The number of carboxylic acid groups (broad SMARTS) is 1. The van der Waals surface area contributed by atoms with Crippen LogP contribution in [0.25, 0.3) is 32.9 Å². The lowest BCUT2D eigenvalue weighted by Crippen LogP contribution is -2.09. The van der Waals surface area contributed by atoms with Gasteiger partial charge < -0.3 is 9.67 Å². The van der Waals surface area contributed by atoms with E-state index in [1.54, 1.807) is 22.9 Å². The first-order valence-electron chi connectivity index (χ1n) is 8.72. The first-order chi connectivity index (χ1) is 13.4. The molecule has 0 aliphatic carbocycles. The Balaban J connectivity index is 2.12. The van der Waals surface area contributed by atoms with Crippen molar-refractivity contribution in [2.24, 2.45) is 0 Å². The van der Waals surface area contributed by atoms with Gasteiger partial charge in [-0.25, -0.2) is 4.98 Å². The Kier molecular flexibility index (Phi) is 4.07. The molecular formula is C21H17N3O4. The first kappa shape index (κ1) is 17.7. The summed E-state index contributed by atoms with van der Waals surface area (Å²) in [6.07, 6.45) is 1.56. The fraction of sp³-hybridized carbons (Fsp3) is 0.143. The van der Waals surface area contributed by atoms with E-state index in [9.17, 15) is 20.0 Å². The lowest BCUT2D eigenvalue weighted by atomic mass is 9.97. The summed E-state index contributed by atoms with van der Waals surface area (Å²) in [7, 11) is 0. The first-order valence-corrected chi connectivity index (χ1v) is 8.72. The molecule has 2 heterocycles. The molecule has 0 unspecified atom stereocenters. The van der Waals surface area contributed by atoms with Crippen molar-refractivity contribution in [3.8, 4) is 11.1 Å². The minimum atomic E-state index is -0.928. The highest BCUT2D eigenvalue weighted by Crippen LogP contribution is 2.39. The summed E-state index contributed by atoms with van der Waals surface area (Å²) in [5, 5.41) is 22.3. The Morgan fingerprint density at radius 1 is 1.18 bits per heavy atom. The average molecular weight is 375 g/mol. The number of aromatic nitrogens is 2. The summed E-state index contributed by atoms with van der Waals surface area (Å²) in [6.45, 7) is 3.69. The highest BCUT2D eigenvalue weighted by Gasteiger charge is 2.21. The van der Waals surface area contributed by atoms with Crippen LogP contribution in [0.4, 0.5) is 5.69 Å². The molecule has 7 nitrogen and oxygen atoms in total. The van der Waals surface area contributed by atoms with E-state index in [2.05, 4.69) is 4.98 Å². The van der Waals surface area contributed by atoms with Crippen LogP contribution in [0.5, 0.6) is 0 Å². The fourth-order valence-electron chi connectivity index (χ4n) is 3.80. The van der Waals surface area contributed by atoms with E-state index in [0.717, 1.165) is 33.3 Å². The Labute approximate surface area is 160 Å². The molecule has 7 heteroatoms. The molecule has 4 aromatic rings. The fourth-order valence-corrected chi connectivity index (χ4v) is 3.80. The zero-order valence-electron chi connectivity index (χ0n) is 15.3. The minimum Gasteiger partial charge on any atom is -0.480 e. The standard InChI is InChI=1S/C21H17N3O4/c1-12-6-7-17-16(10-12)20(13(2)23(17)11-19(25)26)14-8-9-22-21-15(14)4-3-5-18(21)24(27)28/h3-10H,11H2,1-2H3,(H,25,26). The number of para-hydroxylation sites is 1. The lowest BCUT2D eigenvalue weighted by molar-refractivity contribution is -0.383. The Bertz CT molecular complexity index is 1270. The van der Waals surface area contributed by atoms with Crippen LogP contribution >= 0.6 is 0 Å². The van der Waals surface area contributed by atoms with E-state index in [0.29, 0.717) is 10.9 Å². The zero-order chi connectivity index (χ0) is 20.0. The quantitative estimate of drug-likeness (QED) is 0.419. The molecule has 2 aromatic heterocycles. The molecule has 0 spiro atoms. The van der Waals surface area contributed by atoms with Crippen molar-refractivity contribution in [1.29, 1.82) is 0 Å². The maximum atomic E-state index is 11.4. The van der Waals surface area contributed by atoms with E-state index in [-0.39, 0.29) is 12.2 Å². The highest BCUT2D eigenvalue weighted by atomic mass is 16.6. The number of hydrogen-bond acceptors (Lipinski definition) is 4. The van der Waals surface area contributed by atoms with E-state index >= 15 is 0 Å². The summed E-state index contributed by atoms with van der Waals surface area (Å²) in [5.41, 5.74) is 4.58. The summed E-state index contributed by atoms with van der Waals surface area (Å²) < 4.78 is 1.76. The van der Waals surface area contributed by atoms with E-state index in [4.69, 9.17) is 0 Å². The molecule has 0 aliphatic rings. The van der Waals surface area contributed by atoms with Gasteiger partial charge in [-0.1, -0.05) is 23.8 Å². The molecule has 1 N–H and O–H groups in total. The van der Waals surface area contributed by atoms with Gasteiger partial charge in [-0.05, 0) is 37.6 Å². The van der Waals surface area contributed by atoms with E-state index < -0.39 is 10.9 Å². The van der Waals surface area contributed by atoms with Crippen molar-refractivity contribution in [3.63, 3.8) is 0 Å². The number of non-ortho nitro benzene ring substituents is 1. The second-order valence-corrected chi connectivity index (χ2v) is 6.75. The van der Waals surface area contributed by atoms with Crippen LogP contribution in [0.3, 0.4) is 0 Å². The Hall–Kier alpha value is -3.74. The van der Waals surface area contributed by atoms with Crippen LogP contribution < -0.4 is 0 Å². The second-order valence-electron chi connectivity index (χ2n) is 6.75. The van der Waals surface area contributed by atoms with E-state index in [1.807, 2.05) is 38.1 Å². The predicted octanol–water partition coefficient (Wildman–Crippen LogP) is 4.47. The largest absolute Gasteiger partial charge is 0.480 e. The molecular weight excluding hydrogens is 358 g/mol. The summed E-state index contributed by atoms with van der Waals surface area (Å²) in [4.78, 5) is 26.6. The van der Waals surface area contributed by atoms with Crippen molar-refractivity contribution in [1.82, 2.24) is 9.55 Å². The number of aryl methyl sites for hydroxylation is 1. The van der Waals surface area contributed by atoms with Crippen molar-refractivity contribution in [2.75, 3.05) is 0 Å². The number of rotatable bonds is 4. The van der Waals surface area contributed by atoms with Crippen LogP contribution in [-0.4, -0.2) is 25.6 Å². The second kappa shape index (κ2) is 6.45. The number of benzene rings is 2. The third-order valence-electron chi connectivity index (χ3n) is 4.99. The number of fused-ring (bicyclic) bond motifs is 2. The van der Waals surface area contributed by atoms with Crippen LogP contribution in [0.1, 0.15) is 11.3 Å². The number of nitrogens with zero attached hydrogens (tertiary/aromatic N) is 3. The normalized spacial score (nSPS) is 11.2. The predicted molar refractivity (Wildman–Crippen MR) is 106 cm³/mol. The van der Waals surface area contributed by atoms with Crippen molar-refractivity contribution in [3.05, 3.63) is 70.0 Å². The maximum Gasteiger partial charge on any atom is 0.323 e. The van der Waals surface area contributed by atoms with Gasteiger partial charge >= 0.3 is 5.97 Å². The van der Waals surface area contributed by atoms with Gasteiger partial charge in [0, 0.05) is 39.8 Å². The van der Waals surface area contributed by atoms with Gasteiger partial charge in [0.25, 0.3) is 5.69 Å². The molecule has 28 heavy (non-hydrogen) atoms. The summed E-state index contributed by atoms with van der Waals surface area (Å²) in [5.74, 6) is -0.928. The van der Waals surface area contributed by atoms with Gasteiger partial charge in [0.15, 0.2) is 0 Å². The van der Waals surface area contributed by atoms with Crippen LogP contribution in [0.2, 0.25) is 0 Å². The Morgan fingerprint density at radius 2 is 1.96 bits per heavy atom. The maximum absolute atomic E-state index is 11.4. The third-order valence-corrected chi connectivity index (χ3v) is 4.99. The molecule has 0 saturated carbocycles. The topological polar surface area (TPSA) is 98.3 Å². The van der Waals surface area contributed by atoms with Gasteiger partial charge in [0.1, 0.15) is 12.1 Å². The molecule has 0 aliphatic heterocycles. The van der Waals surface area contributed by atoms with Crippen LogP contribution in [0.15, 0.2) is 48.7 Å². The molecule has 0 atom stereocenters. The van der Waals surface area contributed by atoms with Crippen molar-refractivity contribution in [2.45, 2.75) is 20.4 Å². The number of nitro groups is 1. The molecule has 2 aromatic carbocycles. The SMILES string of the molecule is Cc1ccc2c(c1)c(-c1ccnc3c([N+](=O)[O-])cccc13)c(C)n2CC(=O)O. The number of carboxylic acids is 1. The Morgan fingerprint density at radius 3 is 2.68 bits per heavy atom. The zero-order valence-corrected chi connectivity index (χ0v) is 15.3. The molecule has 4 rings (SSSR count). The number of aliphatic carboxylic acids is 1. The van der Waals surface area contributed by atoms with Gasteiger partial charge in [-0.15, -0.1) is 0 Å². The number of hydrogen-bond donors (Lipinski definition) is 1. The molecule has 140 valence electrons. The average Bonchev–Trinajstić information content (AvgIpc) is 2.91. The molecule has 0 amide bonds. The van der Waals surface area contributed by atoms with Crippen molar-refractivity contribution < 1.29 is 14.8 Å². The van der Waals surface area contributed by atoms with Gasteiger partial charge in [0.2, 0.25) is 0 Å². The van der Waals surface area contributed by atoms with Gasteiger partial charge in [-0.3, -0.25) is 14.9 Å². The van der Waals surface area contributed by atoms with Crippen LogP contribution in [0, 0.1) is 24.0 Å². The van der Waals surface area contributed by atoms with Gasteiger partial charge in [-0.2, -0.15) is 0 Å². The lowest BCUT2D eigenvalue weighted by Gasteiger charge is -2.08. The van der Waals surface area contributed by atoms with E-state index in [1.165, 1.54) is 6.07 Å². The molecule has 0 radical (unpaired) electrons. The molecule has 0 bridgehead atoms.